The van der Waals surface area contributed by atoms with Crippen LogP contribution in [0.25, 0.3) is 0 Å². The lowest BCUT2D eigenvalue weighted by Crippen LogP contribution is -2.46. The van der Waals surface area contributed by atoms with E-state index < -0.39 is 5.54 Å². The molecule has 104 valence electrons. The average Bonchev–Trinajstić information content (AvgIpc) is 2.67. The van der Waals surface area contributed by atoms with E-state index in [4.69, 9.17) is 16.3 Å². The van der Waals surface area contributed by atoms with Gasteiger partial charge in [0.05, 0.1) is 7.11 Å². The van der Waals surface area contributed by atoms with E-state index in [0.717, 1.165) is 31.4 Å². The van der Waals surface area contributed by atoms with Crippen molar-refractivity contribution in [3.8, 4) is 0 Å². The summed E-state index contributed by atoms with van der Waals surface area (Å²) >= 11 is 5.89. The Morgan fingerprint density at radius 1 is 1.16 bits per heavy atom. The van der Waals surface area contributed by atoms with Gasteiger partial charge in [0.1, 0.15) is 5.54 Å². The Labute approximate surface area is 119 Å². The van der Waals surface area contributed by atoms with Crippen LogP contribution in [0.3, 0.4) is 0 Å². The highest BCUT2D eigenvalue weighted by Crippen LogP contribution is 2.32. The topological polar surface area (TPSA) is 38.3 Å². The monoisotopic (exact) mass is 281 g/mol. The van der Waals surface area contributed by atoms with E-state index in [1.807, 2.05) is 24.3 Å². The quantitative estimate of drug-likeness (QED) is 0.672. The van der Waals surface area contributed by atoms with Gasteiger partial charge in [-0.05, 0) is 37.1 Å². The van der Waals surface area contributed by atoms with Crippen molar-refractivity contribution < 1.29 is 9.53 Å². The van der Waals surface area contributed by atoms with Crippen molar-refractivity contribution in [3.63, 3.8) is 0 Å². The third-order valence-electron chi connectivity index (χ3n) is 3.76. The molecule has 4 heteroatoms. The molecule has 0 atom stereocenters. The number of anilines is 1. The molecule has 1 aliphatic rings. The van der Waals surface area contributed by atoms with Gasteiger partial charge in [-0.15, -0.1) is 0 Å². The molecule has 0 spiro atoms. The molecule has 0 radical (unpaired) electrons. The van der Waals surface area contributed by atoms with Gasteiger partial charge in [-0.1, -0.05) is 37.3 Å². The predicted octanol–water partition coefficient (Wildman–Crippen LogP) is 4.02. The first-order valence-corrected chi connectivity index (χ1v) is 7.16. The summed E-state index contributed by atoms with van der Waals surface area (Å²) in [5, 5.41) is 4.07. The maximum atomic E-state index is 12.2. The number of halogens is 1. The van der Waals surface area contributed by atoms with Crippen molar-refractivity contribution in [2.75, 3.05) is 12.4 Å². The highest BCUT2D eigenvalue weighted by atomic mass is 35.5. The van der Waals surface area contributed by atoms with Crippen LogP contribution in [0.4, 0.5) is 5.69 Å². The maximum Gasteiger partial charge on any atom is 0.331 e. The fourth-order valence-electron chi connectivity index (χ4n) is 2.72. The van der Waals surface area contributed by atoms with Crippen LogP contribution in [-0.2, 0) is 9.53 Å². The van der Waals surface area contributed by atoms with Crippen LogP contribution in [0.2, 0.25) is 5.02 Å². The lowest BCUT2D eigenvalue weighted by molar-refractivity contribution is -0.146. The van der Waals surface area contributed by atoms with Crippen LogP contribution in [0.5, 0.6) is 0 Å². The Hall–Kier alpha value is -1.22. The summed E-state index contributed by atoms with van der Waals surface area (Å²) in [5.74, 6) is -0.163. The summed E-state index contributed by atoms with van der Waals surface area (Å²) in [6.07, 6.45) is 6.11. The third-order valence-corrected chi connectivity index (χ3v) is 4.01. The van der Waals surface area contributed by atoms with Crippen LogP contribution in [0.15, 0.2) is 24.3 Å². The van der Waals surface area contributed by atoms with Gasteiger partial charge in [0.2, 0.25) is 0 Å². The summed E-state index contributed by atoms with van der Waals surface area (Å²) in [6.45, 7) is 0. The standard InChI is InChI=1S/C15H20ClNO2/c1-19-14(18)15(10-4-2-3-5-11-15)17-13-8-6-12(16)7-9-13/h6-9,17H,2-5,10-11H2,1H3. The minimum atomic E-state index is -0.584. The number of ether oxygens (including phenoxy) is 1. The molecule has 1 N–H and O–H groups in total. The predicted molar refractivity (Wildman–Crippen MR) is 77.5 cm³/mol. The van der Waals surface area contributed by atoms with Crippen LogP contribution in [-0.4, -0.2) is 18.6 Å². The first-order chi connectivity index (χ1) is 9.16. The van der Waals surface area contributed by atoms with Gasteiger partial charge < -0.3 is 10.1 Å². The Kier molecular flexibility index (Phi) is 4.70. The molecule has 1 fully saturated rings. The number of esters is 1. The normalized spacial score (nSPS) is 18.4. The van der Waals surface area contributed by atoms with E-state index >= 15 is 0 Å². The van der Waals surface area contributed by atoms with E-state index in [2.05, 4.69) is 5.32 Å². The van der Waals surface area contributed by atoms with Crippen LogP contribution in [0, 0.1) is 0 Å². The van der Waals surface area contributed by atoms with Gasteiger partial charge >= 0.3 is 5.97 Å². The second-order valence-corrected chi connectivity index (χ2v) is 5.56. The summed E-state index contributed by atoms with van der Waals surface area (Å²) in [4.78, 5) is 12.2. The second kappa shape index (κ2) is 6.29. The Morgan fingerprint density at radius 3 is 2.26 bits per heavy atom. The van der Waals surface area contributed by atoms with Gasteiger partial charge in [0, 0.05) is 10.7 Å². The summed E-state index contributed by atoms with van der Waals surface area (Å²) < 4.78 is 5.02. The van der Waals surface area contributed by atoms with E-state index in [1.54, 1.807) is 0 Å². The highest BCUT2D eigenvalue weighted by molar-refractivity contribution is 6.30. The molecule has 0 bridgehead atoms. The zero-order valence-electron chi connectivity index (χ0n) is 11.2. The number of nitrogens with one attached hydrogen (secondary N) is 1. The largest absolute Gasteiger partial charge is 0.467 e. The molecule has 3 nitrogen and oxygen atoms in total. The van der Waals surface area contributed by atoms with Gasteiger partial charge in [0.15, 0.2) is 0 Å². The van der Waals surface area contributed by atoms with E-state index in [1.165, 1.54) is 20.0 Å². The molecule has 0 saturated heterocycles. The summed E-state index contributed by atoms with van der Waals surface area (Å²) in [5.41, 5.74) is 0.329. The minimum absolute atomic E-state index is 0.163. The van der Waals surface area contributed by atoms with E-state index in [-0.39, 0.29) is 5.97 Å². The lowest BCUT2D eigenvalue weighted by Gasteiger charge is -2.32. The fraction of sp³-hybridized carbons (Fsp3) is 0.533. The third kappa shape index (κ3) is 3.41. The molecule has 19 heavy (non-hydrogen) atoms. The Balaban J connectivity index is 2.21. The van der Waals surface area contributed by atoms with Crippen molar-refractivity contribution in [3.05, 3.63) is 29.3 Å². The van der Waals surface area contributed by atoms with Crippen molar-refractivity contribution in [1.29, 1.82) is 0 Å². The SMILES string of the molecule is COC(=O)C1(Nc2ccc(Cl)cc2)CCCCCC1. The number of carbonyl (C=O) groups is 1. The first kappa shape index (κ1) is 14.2. The van der Waals surface area contributed by atoms with E-state index in [9.17, 15) is 4.79 Å². The Morgan fingerprint density at radius 2 is 1.74 bits per heavy atom. The number of benzene rings is 1. The molecule has 0 heterocycles. The maximum absolute atomic E-state index is 12.2. The molecule has 0 aliphatic heterocycles. The molecule has 1 aromatic carbocycles. The van der Waals surface area contributed by atoms with Gasteiger partial charge in [0.25, 0.3) is 0 Å². The molecule has 0 unspecified atom stereocenters. The smallest absolute Gasteiger partial charge is 0.331 e. The number of carbonyl (C=O) groups excluding carboxylic acids is 1. The number of hydrogen-bond donors (Lipinski definition) is 1. The molecule has 2 rings (SSSR count). The first-order valence-electron chi connectivity index (χ1n) is 6.78. The van der Waals surface area contributed by atoms with Gasteiger partial charge in [-0.3, -0.25) is 0 Å². The van der Waals surface area contributed by atoms with Crippen molar-refractivity contribution in [1.82, 2.24) is 0 Å². The summed E-state index contributed by atoms with van der Waals surface area (Å²) in [6, 6.07) is 7.45. The number of hydrogen-bond acceptors (Lipinski definition) is 3. The lowest BCUT2D eigenvalue weighted by atomic mass is 9.89. The molecular weight excluding hydrogens is 262 g/mol. The molecule has 0 aromatic heterocycles. The molecule has 1 aliphatic carbocycles. The summed E-state index contributed by atoms with van der Waals surface area (Å²) in [7, 11) is 1.46. The molecule has 0 amide bonds. The van der Waals surface area contributed by atoms with E-state index in [0.29, 0.717) is 5.02 Å². The van der Waals surface area contributed by atoms with Crippen LogP contribution in [0.1, 0.15) is 38.5 Å². The van der Waals surface area contributed by atoms with Crippen molar-refractivity contribution in [2.24, 2.45) is 0 Å². The van der Waals surface area contributed by atoms with Crippen LogP contribution >= 0.6 is 11.6 Å². The number of rotatable bonds is 3. The fourth-order valence-corrected chi connectivity index (χ4v) is 2.84. The van der Waals surface area contributed by atoms with Crippen LogP contribution < -0.4 is 5.32 Å². The number of methoxy groups -OCH3 is 1. The molecular formula is C15H20ClNO2. The zero-order valence-corrected chi connectivity index (χ0v) is 12.0. The van der Waals surface area contributed by atoms with Gasteiger partial charge in [-0.25, -0.2) is 4.79 Å². The minimum Gasteiger partial charge on any atom is -0.467 e. The van der Waals surface area contributed by atoms with Crippen molar-refractivity contribution in [2.45, 2.75) is 44.1 Å². The zero-order chi connectivity index (χ0) is 13.7. The Bertz CT molecular complexity index is 422. The molecule has 1 aromatic rings. The van der Waals surface area contributed by atoms with Gasteiger partial charge in [-0.2, -0.15) is 0 Å². The van der Waals surface area contributed by atoms with Crippen molar-refractivity contribution >= 4 is 23.3 Å². The molecule has 1 saturated carbocycles. The average molecular weight is 282 g/mol. The highest BCUT2D eigenvalue weighted by Gasteiger charge is 2.39. The second-order valence-electron chi connectivity index (χ2n) is 5.12.